The molecule has 0 bridgehead atoms. The van der Waals surface area contributed by atoms with Crippen LogP contribution in [0.25, 0.3) is 6.08 Å². The third kappa shape index (κ3) is 5.24. The predicted octanol–water partition coefficient (Wildman–Crippen LogP) is 4.10. The number of hydrazine groups is 1. The number of benzene rings is 2. The van der Waals surface area contributed by atoms with Crippen LogP contribution in [-0.2, 0) is 11.0 Å². The first-order chi connectivity index (χ1) is 11.4. The SMILES string of the molecule is CC(=O)NN[C@H](/C=C/c1ccc(C(F)(F)F)cc1)c1ccccc1. The van der Waals surface area contributed by atoms with Crippen molar-refractivity contribution in [3.8, 4) is 0 Å². The topological polar surface area (TPSA) is 41.1 Å². The van der Waals surface area contributed by atoms with E-state index in [1.165, 1.54) is 19.1 Å². The number of halogens is 3. The first kappa shape index (κ1) is 17.7. The number of rotatable bonds is 5. The summed E-state index contributed by atoms with van der Waals surface area (Å²) in [6.07, 6.45) is -0.873. The molecular formula is C18H17F3N2O. The van der Waals surface area contributed by atoms with Gasteiger partial charge in [-0.15, -0.1) is 0 Å². The van der Waals surface area contributed by atoms with Gasteiger partial charge in [-0.3, -0.25) is 10.2 Å². The Kier molecular flexibility index (Phi) is 5.76. The lowest BCUT2D eigenvalue weighted by molar-refractivity contribution is -0.137. The summed E-state index contributed by atoms with van der Waals surface area (Å²) in [5, 5.41) is 0. The molecule has 0 aromatic heterocycles. The molecule has 1 amide bonds. The van der Waals surface area contributed by atoms with Gasteiger partial charge >= 0.3 is 6.18 Å². The molecule has 0 aliphatic rings. The first-order valence-corrected chi connectivity index (χ1v) is 7.29. The van der Waals surface area contributed by atoms with Gasteiger partial charge in [-0.25, -0.2) is 5.43 Å². The zero-order chi connectivity index (χ0) is 17.6. The van der Waals surface area contributed by atoms with Crippen molar-refractivity contribution in [3.63, 3.8) is 0 Å². The Morgan fingerprint density at radius 3 is 2.21 bits per heavy atom. The fraction of sp³-hybridized carbons (Fsp3) is 0.167. The lowest BCUT2D eigenvalue weighted by Crippen LogP contribution is -2.37. The van der Waals surface area contributed by atoms with Crippen LogP contribution in [0.15, 0.2) is 60.7 Å². The smallest absolute Gasteiger partial charge is 0.291 e. The van der Waals surface area contributed by atoms with Crippen molar-refractivity contribution in [1.29, 1.82) is 0 Å². The van der Waals surface area contributed by atoms with Gasteiger partial charge in [-0.2, -0.15) is 13.2 Å². The molecule has 2 aromatic rings. The molecule has 2 rings (SSSR count). The van der Waals surface area contributed by atoms with Crippen LogP contribution in [0.5, 0.6) is 0 Å². The lowest BCUT2D eigenvalue weighted by Gasteiger charge is -2.15. The number of carbonyl (C=O) groups excluding carboxylic acids is 1. The Balaban J connectivity index is 2.16. The highest BCUT2D eigenvalue weighted by Crippen LogP contribution is 2.29. The zero-order valence-corrected chi connectivity index (χ0v) is 13.0. The Morgan fingerprint density at radius 1 is 1.04 bits per heavy atom. The molecule has 24 heavy (non-hydrogen) atoms. The van der Waals surface area contributed by atoms with Crippen molar-refractivity contribution in [2.24, 2.45) is 0 Å². The molecule has 0 heterocycles. The van der Waals surface area contributed by atoms with E-state index in [1.54, 1.807) is 12.2 Å². The van der Waals surface area contributed by atoms with Gasteiger partial charge in [0.1, 0.15) is 0 Å². The molecule has 0 radical (unpaired) electrons. The van der Waals surface area contributed by atoms with Crippen LogP contribution in [0.2, 0.25) is 0 Å². The van der Waals surface area contributed by atoms with E-state index in [1.807, 2.05) is 30.3 Å². The second-order valence-corrected chi connectivity index (χ2v) is 5.19. The molecule has 1 atom stereocenters. The Labute approximate surface area is 138 Å². The summed E-state index contributed by atoms with van der Waals surface area (Å²) < 4.78 is 37.7. The average molecular weight is 334 g/mol. The predicted molar refractivity (Wildman–Crippen MR) is 86.6 cm³/mol. The summed E-state index contributed by atoms with van der Waals surface area (Å²) in [6, 6.07) is 14.0. The molecule has 2 N–H and O–H groups in total. The van der Waals surface area contributed by atoms with E-state index >= 15 is 0 Å². The standard InChI is InChI=1S/C18H17F3N2O/c1-13(24)22-23-17(15-5-3-2-4-6-15)12-9-14-7-10-16(11-8-14)18(19,20)21/h2-12,17,23H,1H3,(H,22,24)/b12-9+/t17-/m1/s1. The van der Waals surface area contributed by atoms with Gasteiger partial charge in [-0.05, 0) is 23.3 Å². The highest BCUT2D eigenvalue weighted by Gasteiger charge is 2.29. The normalized spacial score (nSPS) is 13.0. The first-order valence-electron chi connectivity index (χ1n) is 7.29. The number of amides is 1. The van der Waals surface area contributed by atoms with E-state index in [2.05, 4.69) is 10.9 Å². The van der Waals surface area contributed by atoms with E-state index in [9.17, 15) is 18.0 Å². The second kappa shape index (κ2) is 7.79. The van der Waals surface area contributed by atoms with E-state index in [0.717, 1.165) is 17.7 Å². The largest absolute Gasteiger partial charge is 0.416 e. The minimum Gasteiger partial charge on any atom is -0.291 e. The van der Waals surface area contributed by atoms with Crippen LogP contribution < -0.4 is 10.9 Å². The van der Waals surface area contributed by atoms with Crippen molar-refractivity contribution >= 4 is 12.0 Å². The summed E-state index contributed by atoms with van der Waals surface area (Å²) in [5.74, 6) is -0.237. The van der Waals surface area contributed by atoms with E-state index in [-0.39, 0.29) is 11.9 Å². The fourth-order valence-electron chi connectivity index (χ4n) is 2.07. The van der Waals surface area contributed by atoms with E-state index in [4.69, 9.17) is 0 Å². The van der Waals surface area contributed by atoms with Crippen LogP contribution >= 0.6 is 0 Å². The van der Waals surface area contributed by atoms with Gasteiger partial charge in [0.25, 0.3) is 0 Å². The molecule has 126 valence electrons. The molecule has 2 aromatic carbocycles. The number of carbonyl (C=O) groups is 1. The Morgan fingerprint density at radius 2 is 1.67 bits per heavy atom. The van der Waals surface area contributed by atoms with Gasteiger partial charge in [0, 0.05) is 6.92 Å². The molecule has 0 aliphatic heterocycles. The molecule has 0 spiro atoms. The van der Waals surface area contributed by atoms with Crippen molar-refractivity contribution in [1.82, 2.24) is 10.9 Å². The van der Waals surface area contributed by atoms with Gasteiger partial charge in [0.05, 0.1) is 11.6 Å². The molecule has 3 nitrogen and oxygen atoms in total. The van der Waals surface area contributed by atoms with Crippen LogP contribution in [0.4, 0.5) is 13.2 Å². The molecule has 0 fully saturated rings. The van der Waals surface area contributed by atoms with E-state index < -0.39 is 11.7 Å². The highest BCUT2D eigenvalue weighted by atomic mass is 19.4. The average Bonchev–Trinajstić information content (AvgIpc) is 2.55. The molecular weight excluding hydrogens is 317 g/mol. The zero-order valence-electron chi connectivity index (χ0n) is 13.0. The summed E-state index contributed by atoms with van der Waals surface area (Å²) in [7, 11) is 0. The molecule has 6 heteroatoms. The number of hydrogen-bond donors (Lipinski definition) is 2. The van der Waals surface area contributed by atoms with Crippen LogP contribution in [0, 0.1) is 0 Å². The number of nitrogens with one attached hydrogen (secondary N) is 2. The van der Waals surface area contributed by atoms with Crippen LogP contribution in [-0.4, -0.2) is 5.91 Å². The monoisotopic (exact) mass is 334 g/mol. The number of alkyl halides is 3. The third-order valence-electron chi connectivity index (χ3n) is 3.28. The van der Waals surface area contributed by atoms with Crippen LogP contribution in [0.3, 0.4) is 0 Å². The molecule has 0 saturated carbocycles. The number of hydrogen-bond acceptors (Lipinski definition) is 2. The molecule has 0 saturated heterocycles. The third-order valence-corrected chi connectivity index (χ3v) is 3.28. The second-order valence-electron chi connectivity index (χ2n) is 5.19. The van der Waals surface area contributed by atoms with Crippen molar-refractivity contribution in [2.75, 3.05) is 0 Å². The molecule has 0 aliphatic carbocycles. The van der Waals surface area contributed by atoms with Crippen molar-refractivity contribution in [2.45, 2.75) is 19.1 Å². The van der Waals surface area contributed by atoms with Crippen LogP contribution in [0.1, 0.15) is 29.7 Å². The minimum atomic E-state index is -4.35. The maximum Gasteiger partial charge on any atom is 0.416 e. The van der Waals surface area contributed by atoms with Gasteiger partial charge in [0.15, 0.2) is 0 Å². The maximum absolute atomic E-state index is 12.6. The summed E-state index contributed by atoms with van der Waals surface area (Å²) in [5.41, 5.74) is 6.26. The maximum atomic E-state index is 12.6. The van der Waals surface area contributed by atoms with E-state index in [0.29, 0.717) is 5.56 Å². The summed E-state index contributed by atoms with van der Waals surface area (Å²) in [4.78, 5) is 11.1. The fourth-order valence-corrected chi connectivity index (χ4v) is 2.07. The Bertz CT molecular complexity index is 694. The summed E-state index contributed by atoms with van der Waals surface area (Å²) in [6.45, 7) is 1.38. The van der Waals surface area contributed by atoms with Gasteiger partial charge in [0.2, 0.25) is 5.91 Å². The van der Waals surface area contributed by atoms with Gasteiger partial charge in [-0.1, -0.05) is 54.6 Å². The minimum absolute atomic E-state index is 0.237. The quantitative estimate of drug-likeness (QED) is 0.808. The lowest BCUT2D eigenvalue weighted by atomic mass is 10.1. The van der Waals surface area contributed by atoms with Crippen molar-refractivity contribution < 1.29 is 18.0 Å². The van der Waals surface area contributed by atoms with Crippen molar-refractivity contribution in [3.05, 3.63) is 77.4 Å². The summed E-state index contributed by atoms with van der Waals surface area (Å²) >= 11 is 0. The highest BCUT2D eigenvalue weighted by molar-refractivity contribution is 5.72. The Hall–Kier alpha value is -2.60. The van der Waals surface area contributed by atoms with Gasteiger partial charge < -0.3 is 0 Å². The molecule has 0 unspecified atom stereocenters.